The first-order valence-electron chi connectivity index (χ1n) is 3.79. The third kappa shape index (κ3) is 2.86. The number of thiophene rings is 1. The number of rotatable bonds is 4. The summed E-state index contributed by atoms with van der Waals surface area (Å²) in [7, 11) is 0. The molecule has 1 rings (SSSR count). The molecule has 0 aliphatic rings. The minimum absolute atomic E-state index is 0.157. The van der Waals surface area contributed by atoms with Crippen LogP contribution in [-0.2, 0) is 4.74 Å². The molecule has 1 heterocycles. The summed E-state index contributed by atoms with van der Waals surface area (Å²) in [6, 6.07) is 2.08. The summed E-state index contributed by atoms with van der Waals surface area (Å²) in [5, 5.41) is 2.05. The summed E-state index contributed by atoms with van der Waals surface area (Å²) in [6.07, 6.45) is 0.157. The molecule has 1 aromatic heterocycles. The van der Waals surface area contributed by atoms with Crippen molar-refractivity contribution in [1.29, 1.82) is 0 Å². The largest absolute Gasteiger partial charge is 0.372 e. The van der Waals surface area contributed by atoms with E-state index < -0.39 is 0 Å². The maximum absolute atomic E-state index is 5.46. The SMILES string of the molecule is CC(OCCN)c1cc(Br)cs1. The third-order valence-electron chi connectivity index (χ3n) is 1.47. The zero-order valence-electron chi connectivity index (χ0n) is 6.92. The van der Waals surface area contributed by atoms with Gasteiger partial charge in [0.1, 0.15) is 0 Å². The Balaban J connectivity index is 2.47. The smallest absolute Gasteiger partial charge is 0.0889 e. The number of halogens is 1. The Morgan fingerprint density at radius 3 is 3.00 bits per heavy atom. The summed E-state index contributed by atoms with van der Waals surface area (Å²) in [4.78, 5) is 1.23. The predicted molar refractivity (Wildman–Crippen MR) is 55.4 cm³/mol. The number of ether oxygens (including phenoxy) is 1. The minimum Gasteiger partial charge on any atom is -0.372 e. The van der Waals surface area contributed by atoms with Crippen LogP contribution in [0.5, 0.6) is 0 Å². The van der Waals surface area contributed by atoms with Crippen LogP contribution in [0.2, 0.25) is 0 Å². The Morgan fingerprint density at radius 2 is 2.50 bits per heavy atom. The van der Waals surface area contributed by atoms with Crippen LogP contribution in [-0.4, -0.2) is 13.2 Å². The summed E-state index contributed by atoms with van der Waals surface area (Å²) in [5.74, 6) is 0. The summed E-state index contributed by atoms with van der Waals surface area (Å²) in [5.41, 5.74) is 5.33. The zero-order chi connectivity index (χ0) is 8.97. The molecular formula is C8H12BrNOS. The number of hydrogen-bond donors (Lipinski definition) is 1. The maximum Gasteiger partial charge on any atom is 0.0889 e. The van der Waals surface area contributed by atoms with Crippen LogP contribution in [0.25, 0.3) is 0 Å². The van der Waals surface area contributed by atoms with Crippen LogP contribution in [0.15, 0.2) is 15.9 Å². The van der Waals surface area contributed by atoms with Crippen molar-refractivity contribution in [3.63, 3.8) is 0 Å². The molecule has 12 heavy (non-hydrogen) atoms. The molecule has 0 aliphatic heterocycles. The first-order chi connectivity index (χ1) is 5.74. The van der Waals surface area contributed by atoms with E-state index in [1.54, 1.807) is 11.3 Å². The van der Waals surface area contributed by atoms with Gasteiger partial charge < -0.3 is 10.5 Å². The molecule has 0 saturated heterocycles. The van der Waals surface area contributed by atoms with E-state index in [-0.39, 0.29) is 6.10 Å². The van der Waals surface area contributed by atoms with E-state index in [1.165, 1.54) is 4.88 Å². The number of hydrogen-bond acceptors (Lipinski definition) is 3. The molecule has 4 heteroatoms. The monoisotopic (exact) mass is 249 g/mol. The Labute approximate surface area is 84.9 Å². The molecule has 1 atom stereocenters. The van der Waals surface area contributed by atoms with Crippen molar-refractivity contribution < 1.29 is 4.74 Å². The van der Waals surface area contributed by atoms with E-state index in [9.17, 15) is 0 Å². The van der Waals surface area contributed by atoms with Gasteiger partial charge in [-0.1, -0.05) is 0 Å². The highest BCUT2D eigenvalue weighted by molar-refractivity contribution is 9.10. The van der Waals surface area contributed by atoms with Gasteiger partial charge in [-0.2, -0.15) is 0 Å². The predicted octanol–water partition coefficient (Wildman–Crippen LogP) is 2.55. The summed E-state index contributed by atoms with van der Waals surface area (Å²) in [6.45, 7) is 3.24. The van der Waals surface area contributed by atoms with Crippen molar-refractivity contribution >= 4 is 27.3 Å². The van der Waals surface area contributed by atoms with Crippen LogP contribution in [0.4, 0.5) is 0 Å². The molecule has 1 unspecified atom stereocenters. The van der Waals surface area contributed by atoms with Gasteiger partial charge in [-0.05, 0) is 28.9 Å². The highest BCUT2D eigenvalue weighted by Crippen LogP contribution is 2.27. The Kier molecular flexibility index (Phi) is 4.21. The average molecular weight is 250 g/mol. The standard InChI is InChI=1S/C8H12BrNOS/c1-6(11-3-2-10)8-4-7(9)5-12-8/h4-6H,2-3,10H2,1H3. The quantitative estimate of drug-likeness (QED) is 0.891. The second kappa shape index (κ2) is 4.97. The van der Waals surface area contributed by atoms with Crippen LogP contribution < -0.4 is 5.73 Å². The fourth-order valence-corrected chi connectivity index (χ4v) is 2.32. The van der Waals surface area contributed by atoms with E-state index >= 15 is 0 Å². The molecule has 0 spiro atoms. The van der Waals surface area contributed by atoms with Gasteiger partial charge in [0.15, 0.2) is 0 Å². The Hall–Kier alpha value is 0.1000. The topological polar surface area (TPSA) is 35.2 Å². The molecule has 0 aromatic carbocycles. The lowest BCUT2D eigenvalue weighted by Gasteiger charge is -2.09. The van der Waals surface area contributed by atoms with Gasteiger partial charge in [-0.3, -0.25) is 0 Å². The van der Waals surface area contributed by atoms with E-state index in [0.29, 0.717) is 13.2 Å². The van der Waals surface area contributed by atoms with E-state index in [1.807, 2.05) is 6.92 Å². The maximum atomic E-state index is 5.46. The molecular weight excluding hydrogens is 238 g/mol. The second-order valence-corrected chi connectivity index (χ2v) is 4.33. The van der Waals surface area contributed by atoms with Gasteiger partial charge >= 0.3 is 0 Å². The third-order valence-corrected chi connectivity index (χ3v) is 3.33. The molecule has 0 amide bonds. The van der Waals surface area contributed by atoms with E-state index in [4.69, 9.17) is 10.5 Å². The molecule has 0 radical (unpaired) electrons. The second-order valence-electron chi connectivity index (χ2n) is 2.47. The molecule has 0 bridgehead atoms. The van der Waals surface area contributed by atoms with Crippen molar-refractivity contribution in [1.82, 2.24) is 0 Å². The first kappa shape index (κ1) is 10.2. The van der Waals surface area contributed by atoms with Crippen LogP contribution >= 0.6 is 27.3 Å². The normalized spacial score (nSPS) is 13.2. The van der Waals surface area contributed by atoms with Gasteiger partial charge in [0.05, 0.1) is 12.7 Å². The van der Waals surface area contributed by atoms with Gasteiger partial charge in [-0.15, -0.1) is 11.3 Å². The lowest BCUT2D eigenvalue weighted by atomic mass is 10.3. The molecule has 68 valence electrons. The molecule has 2 nitrogen and oxygen atoms in total. The molecule has 1 aromatic rings. The van der Waals surface area contributed by atoms with Crippen molar-refractivity contribution in [3.8, 4) is 0 Å². The van der Waals surface area contributed by atoms with Gasteiger partial charge in [0.2, 0.25) is 0 Å². The highest BCUT2D eigenvalue weighted by atomic mass is 79.9. The van der Waals surface area contributed by atoms with Crippen LogP contribution in [0.3, 0.4) is 0 Å². The lowest BCUT2D eigenvalue weighted by molar-refractivity contribution is 0.0742. The minimum atomic E-state index is 0.157. The summed E-state index contributed by atoms with van der Waals surface area (Å²) >= 11 is 5.09. The first-order valence-corrected chi connectivity index (χ1v) is 5.47. The molecule has 0 fully saturated rings. The lowest BCUT2D eigenvalue weighted by Crippen LogP contribution is -2.10. The van der Waals surface area contributed by atoms with E-state index in [2.05, 4.69) is 27.4 Å². The fraction of sp³-hybridized carbons (Fsp3) is 0.500. The average Bonchev–Trinajstić information content (AvgIpc) is 2.47. The van der Waals surface area contributed by atoms with E-state index in [0.717, 1.165) is 4.47 Å². The summed E-state index contributed by atoms with van der Waals surface area (Å²) < 4.78 is 6.57. The van der Waals surface area contributed by atoms with Crippen molar-refractivity contribution in [3.05, 3.63) is 20.8 Å². The molecule has 2 N–H and O–H groups in total. The van der Waals surface area contributed by atoms with Crippen LogP contribution in [0.1, 0.15) is 17.9 Å². The highest BCUT2D eigenvalue weighted by Gasteiger charge is 2.07. The van der Waals surface area contributed by atoms with Gasteiger partial charge in [0.25, 0.3) is 0 Å². The molecule has 0 aliphatic carbocycles. The van der Waals surface area contributed by atoms with Gasteiger partial charge in [0, 0.05) is 21.3 Å². The molecule has 0 saturated carbocycles. The van der Waals surface area contributed by atoms with Crippen molar-refractivity contribution in [2.45, 2.75) is 13.0 Å². The zero-order valence-corrected chi connectivity index (χ0v) is 9.32. The fourth-order valence-electron chi connectivity index (χ4n) is 0.868. The van der Waals surface area contributed by atoms with Crippen LogP contribution in [0, 0.1) is 0 Å². The van der Waals surface area contributed by atoms with Crippen molar-refractivity contribution in [2.75, 3.05) is 13.2 Å². The Bertz CT molecular complexity index is 239. The Morgan fingerprint density at radius 1 is 1.75 bits per heavy atom. The van der Waals surface area contributed by atoms with Crippen molar-refractivity contribution in [2.24, 2.45) is 5.73 Å². The number of nitrogens with two attached hydrogens (primary N) is 1. The van der Waals surface area contributed by atoms with Gasteiger partial charge in [-0.25, -0.2) is 0 Å².